The number of carbonyl (C=O) groups is 1. The van der Waals surface area contributed by atoms with Gasteiger partial charge in [0.15, 0.2) is 0 Å². The summed E-state index contributed by atoms with van der Waals surface area (Å²) in [6.45, 7) is 2.92. The molecule has 0 amide bonds. The highest BCUT2D eigenvalue weighted by atomic mass is 16.4. The van der Waals surface area contributed by atoms with Crippen molar-refractivity contribution in [2.45, 2.75) is 32.2 Å². The molecule has 1 aliphatic rings. The fraction of sp³-hybridized carbons (Fsp3) is 0.389. The van der Waals surface area contributed by atoms with E-state index in [9.17, 15) is 9.90 Å². The van der Waals surface area contributed by atoms with Crippen LogP contribution in [-0.2, 0) is 0 Å². The summed E-state index contributed by atoms with van der Waals surface area (Å²) in [5.41, 5.74) is 2.58. The Balaban J connectivity index is 2.06. The van der Waals surface area contributed by atoms with E-state index in [1.807, 2.05) is 19.1 Å². The van der Waals surface area contributed by atoms with Crippen LogP contribution < -0.4 is 0 Å². The Hall–Kier alpha value is -2.27. The van der Waals surface area contributed by atoms with Gasteiger partial charge in [-0.3, -0.25) is 4.90 Å². The van der Waals surface area contributed by atoms with Crippen LogP contribution in [-0.4, -0.2) is 39.5 Å². The lowest BCUT2D eigenvalue weighted by Crippen LogP contribution is -2.30. The van der Waals surface area contributed by atoms with Gasteiger partial charge in [-0.15, -0.1) is 0 Å². The maximum absolute atomic E-state index is 11.5. The summed E-state index contributed by atoms with van der Waals surface area (Å²) in [4.78, 5) is 22.9. The Morgan fingerprint density at radius 3 is 2.78 bits per heavy atom. The van der Waals surface area contributed by atoms with E-state index in [-0.39, 0.29) is 11.6 Å². The number of rotatable bonds is 3. The molecule has 1 atom stereocenters. The van der Waals surface area contributed by atoms with Crippen LogP contribution in [0.1, 0.15) is 47.2 Å². The lowest BCUT2D eigenvalue weighted by atomic mass is 9.97. The number of carboxylic acids is 1. The highest BCUT2D eigenvalue weighted by Gasteiger charge is 2.23. The summed E-state index contributed by atoms with van der Waals surface area (Å²) < 4.78 is 0. The van der Waals surface area contributed by atoms with E-state index < -0.39 is 5.97 Å². The summed E-state index contributed by atoms with van der Waals surface area (Å²) in [5, 5.41) is 9.40. The van der Waals surface area contributed by atoms with Crippen LogP contribution in [0.15, 0.2) is 30.3 Å². The fourth-order valence-electron chi connectivity index (χ4n) is 3.24. The van der Waals surface area contributed by atoms with Gasteiger partial charge in [0.1, 0.15) is 5.82 Å². The first-order valence-corrected chi connectivity index (χ1v) is 7.95. The number of benzene rings is 1. The molecule has 0 saturated carbocycles. The number of nitrogens with zero attached hydrogens (tertiary/aromatic N) is 3. The van der Waals surface area contributed by atoms with Crippen LogP contribution in [0.2, 0.25) is 0 Å². The average molecular weight is 311 g/mol. The molecular formula is C18H21N3O2. The van der Waals surface area contributed by atoms with E-state index in [0.717, 1.165) is 18.7 Å². The van der Waals surface area contributed by atoms with Gasteiger partial charge in [0.05, 0.1) is 23.0 Å². The van der Waals surface area contributed by atoms with Crippen molar-refractivity contribution >= 4 is 5.97 Å². The first-order valence-electron chi connectivity index (χ1n) is 7.95. The standard InChI is InChI=1S/C18H21N3O2/c1-12-19-15(13-7-3-4-8-14(13)18(22)23)11-16(20-12)17-9-5-6-10-21(17)2/h3-4,7-8,11,17H,5-6,9-10H2,1-2H3,(H,22,23)/t17-/m1/s1. The number of hydrogen-bond donors (Lipinski definition) is 1. The van der Waals surface area contributed by atoms with Crippen LogP contribution in [0.25, 0.3) is 11.3 Å². The SMILES string of the molecule is Cc1nc(-c2ccccc2C(=O)O)cc([C@H]2CCCCN2C)n1. The van der Waals surface area contributed by atoms with E-state index in [1.165, 1.54) is 12.8 Å². The highest BCUT2D eigenvalue weighted by molar-refractivity contribution is 5.95. The second kappa shape index (κ2) is 6.46. The molecule has 2 aromatic rings. The number of carboxylic acid groups (broad SMARTS) is 1. The number of hydrogen-bond acceptors (Lipinski definition) is 4. The van der Waals surface area contributed by atoms with Crippen LogP contribution in [0.3, 0.4) is 0 Å². The van der Waals surface area contributed by atoms with Crippen molar-refractivity contribution < 1.29 is 9.90 Å². The van der Waals surface area contributed by atoms with Gasteiger partial charge in [0.2, 0.25) is 0 Å². The summed E-state index contributed by atoms with van der Waals surface area (Å²) in [7, 11) is 2.12. The summed E-state index contributed by atoms with van der Waals surface area (Å²) in [6.07, 6.45) is 3.48. The minimum absolute atomic E-state index is 0.272. The molecule has 3 rings (SSSR count). The Kier molecular flexibility index (Phi) is 4.39. The van der Waals surface area contributed by atoms with Gasteiger partial charge >= 0.3 is 5.97 Å². The molecule has 5 nitrogen and oxygen atoms in total. The molecule has 1 saturated heterocycles. The molecule has 2 heterocycles. The van der Waals surface area contributed by atoms with Crippen LogP contribution in [0, 0.1) is 6.92 Å². The molecule has 0 unspecified atom stereocenters. The monoisotopic (exact) mass is 311 g/mol. The molecule has 0 radical (unpaired) electrons. The Bertz CT molecular complexity index is 730. The lowest BCUT2D eigenvalue weighted by Gasteiger charge is -2.32. The molecule has 1 fully saturated rings. The first-order chi connectivity index (χ1) is 11.1. The predicted octanol–water partition coefficient (Wildman–Crippen LogP) is 3.31. The number of aryl methyl sites for hydroxylation is 1. The average Bonchev–Trinajstić information content (AvgIpc) is 2.54. The van der Waals surface area contributed by atoms with Crippen LogP contribution >= 0.6 is 0 Å². The molecular weight excluding hydrogens is 290 g/mol. The molecule has 1 aromatic carbocycles. The van der Waals surface area contributed by atoms with Crippen LogP contribution in [0.4, 0.5) is 0 Å². The highest BCUT2D eigenvalue weighted by Crippen LogP contribution is 2.31. The van der Waals surface area contributed by atoms with E-state index >= 15 is 0 Å². The minimum Gasteiger partial charge on any atom is -0.478 e. The summed E-state index contributed by atoms with van der Waals surface area (Å²) >= 11 is 0. The zero-order valence-corrected chi connectivity index (χ0v) is 13.5. The van der Waals surface area contributed by atoms with Gasteiger partial charge in [-0.05, 0) is 45.5 Å². The lowest BCUT2D eigenvalue weighted by molar-refractivity contribution is 0.0697. The number of aromatic nitrogens is 2. The second-order valence-corrected chi connectivity index (χ2v) is 6.07. The van der Waals surface area contributed by atoms with E-state index in [4.69, 9.17) is 0 Å². The van der Waals surface area contributed by atoms with Gasteiger partial charge in [-0.25, -0.2) is 14.8 Å². The molecule has 0 aliphatic carbocycles. The summed E-state index contributed by atoms with van der Waals surface area (Å²) in [5.74, 6) is -0.259. The quantitative estimate of drug-likeness (QED) is 0.942. The third-order valence-corrected chi connectivity index (χ3v) is 4.40. The largest absolute Gasteiger partial charge is 0.478 e. The van der Waals surface area contributed by atoms with Crippen molar-refractivity contribution in [2.24, 2.45) is 0 Å². The topological polar surface area (TPSA) is 66.3 Å². The minimum atomic E-state index is -0.937. The van der Waals surface area contributed by atoms with E-state index in [1.54, 1.807) is 18.2 Å². The van der Waals surface area contributed by atoms with Gasteiger partial charge in [-0.2, -0.15) is 0 Å². The number of likely N-dealkylation sites (tertiary alicyclic amines) is 1. The van der Waals surface area contributed by atoms with Crippen molar-refractivity contribution in [3.05, 3.63) is 47.4 Å². The molecule has 120 valence electrons. The molecule has 0 bridgehead atoms. The molecule has 1 aromatic heterocycles. The maximum atomic E-state index is 11.5. The Morgan fingerprint density at radius 2 is 2.04 bits per heavy atom. The Labute approximate surface area is 136 Å². The zero-order valence-electron chi connectivity index (χ0n) is 13.5. The molecule has 0 spiro atoms. The van der Waals surface area contributed by atoms with Crippen molar-refractivity contribution in [1.29, 1.82) is 0 Å². The normalized spacial score (nSPS) is 18.8. The van der Waals surface area contributed by atoms with E-state index in [2.05, 4.69) is 21.9 Å². The third-order valence-electron chi connectivity index (χ3n) is 4.40. The van der Waals surface area contributed by atoms with Gasteiger partial charge < -0.3 is 5.11 Å². The molecule has 1 aliphatic heterocycles. The predicted molar refractivity (Wildman–Crippen MR) is 88.4 cm³/mol. The van der Waals surface area contributed by atoms with Gasteiger partial charge in [0.25, 0.3) is 0 Å². The van der Waals surface area contributed by atoms with Gasteiger partial charge in [-0.1, -0.05) is 24.6 Å². The molecule has 1 N–H and O–H groups in total. The van der Waals surface area contributed by atoms with Crippen molar-refractivity contribution in [3.63, 3.8) is 0 Å². The molecule has 23 heavy (non-hydrogen) atoms. The summed E-state index contributed by atoms with van der Waals surface area (Å²) in [6, 6.07) is 9.21. The second-order valence-electron chi connectivity index (χ2n) is 6.07. The first kappa shape index (κ1) is 15.6. The van der Waals surface area contributed by atoms with Gasteiger partial charge in [0, 0.05) is 5.56 Å². The van der Waals surface area contributed by atoms with Crippen LogP contribution in [0.5, 0.6) is 0 Å². The van der Waals surface area contributed by atoms with E-state index in [0.29, 0.717) is 17.1 Å². The maximum Gasteiger partial charge on any atom is 0.336 e. The third kappa shape index (κ3) is 3.24. The Morgan fingerprint density at radius 1 is 1.26 bits per heavy atom. The molecule has 5 heteroatoms. The number of piperidine rings is 1. The smallest absolute Gasteiger partial charge is 0.336 e. The van der Waals surface area contributed by atoms with Crippen molar-refractivity contribution in [2.75, 3.05) is 13.6 Å². The fourth-order valence-corrected chi connectivity index (χ4v) is 3.24. The zero-order chi connectivity index (χ0) is 16.4. The van der Waals surface area contributed by atoms with Crippen molar-refractivity contribution in [3.8, 4) is 11.3 Å². The van der Waals surface area contributed by atoms with Crippen molar-refractivity contribution in [1.82, 2.24) is 14.9 Å². The number of aromatic carboxylic acids is 1.